The van der Waals surface area contributed by atoms with Gasteiger partial charge in [0.25, 0.3) is 11.8 Å². The van der Waals surface area contributed by atoms with Crippen LogP contribution in [0.4, 0.5) is 15.8 Å². The van der Waals surface area contributed by atoms with Gasteiger partial charge in [0, 0.05) is 17.5 Å². The molecule has 0 spiro atoms. The lowest BCUT2D eigenvalue weighted by Crippen LogP contribution is -2.60. The molecule has 2 saturated heterocycles. The monoisotopic (exact) mass is 736 g/mol. The Morgan fingerprint density at radius 2 is 1.52 bits per heavy atom. The van der Waals surface area contributed by atoms with Crippen molar-refractivity contribution in [2.75, 3.05) is 9.80 Å². The predicted octanol–water partition coefficient (Wildman–Crippen LogP) is 7.52. The highest BCUT2D eigenvalue weighted by Gasteiger charge is 2.77. The third-order valence-electron chi connectivity index (χ3n) is 10.8. The largest absolute Gasteiger partial charge is 0.508 e. The summed E-state index contributed by atoms with van der Waals surface area (Å²) in [6.45, 7) is 3.99. The number of benzene rings is 4. The van der Waals surface area contributed by atoms with E-state index in [9.17, 15) is 28.7 Å². The third-order valence-corrected chi connectivity index (χ3v) is 12.3. The number of carbonyl (C=O) groups is 4. The maximum Gasteiger partial charge on any atom is 0.258 e. The summed E-state index contributed by atoms with van der Waals surface area (Å²) in [5.41, 5.74) is 2.90. The van der Waals surface area contributed by atoms with E-state index in [1.807, 2.05) is 30.3 Å². The molecule has 4 aliphatic rings. The van der Waals surface area contributed by atoms with Gasteiger partial charge < -0.3 is 9.84 Å². The molecule has 11 heteroatoms. The van der Waals surface area contributed by atoms with E-state index in [0.717, 1.165) is 28.2 Å². The zero-order chi connectivity index (χ0) is 36.5. The average molecular weight is 738 g/mol. The molecule has 4 aromatic rings. The first-order valence-corrected chi connectivity index (χ1v) is 17.6. The summed E-state index contributed by atoms with van der Waals surface area (Å²) in [4.78, 5) is 55.1. The molecular weight excluding hydrogens is 706 g/mol. The maximum absolute atomic E-state index is 14.6. The number of allylic oxidation sites excluding steroid dienone is 2. The number of fused-ring (bicyclic) bond motifs is 4. The molecule has 1 saturated carbocycles. The Kier molecular flexibility index (Phi) is 8.12. The summed E-state index contributed by atoms with van der Waals surface area (Å²) in [6.07, 6.45) is 3.36. The van der Waals surface area contributed by atoms with E-state index in [1.165, 1.54) is 23.1 Å². The number of carbonyl (C=O) groups excluding carboxylic acids is 4. The summed E-state index contributed by atoms with van der Waals surface area (Å²) in [7, 11) is 0. The number of hydrogen-bond acceptors (Lipinski definition) is 6. The van der Waals surface area contributed by atoms with Crippen LogP contribution < -0.4 is 14.5 Å². The summed E-state index contributed by atoms with van der Waals surface area (Å²) >= 11 is 14.9. The molecule has 2 aliphatic heterocycles. The van der Waals surface area contributed by atoms with Gasteiger partial charge in [-0.1, -0.05) is 72.8 Å². The molecule has 6 unspecified atom stereocenters. The first-order valence-electron chi connectivity index (χ1n) is 16.8. The first kappa shape index (κ1) is 33.9. The molecule has 3 fully saturated rings. The van der Waals surface area contributed by atoms with Crippen LogP contribution in [0.25, 0.3) is 6.08 Å². The lowest BCUT2D eigenvalue weighted by Gasteiger charge is -2.50. The fourth-order valence-electron chi connectivity index (χ4n) is 8.36. The highest BCUT2D eigenvalue weighted by atomic mass is 35.5. The summed E-state index contributed by atoms with van der Waals surface area (Å²) in [6, 6.07) is 25.7. The molecule has 4 amide bonds. The summed E-state index contributed by atoms with van der Waals surface area (Å²) < 4.78 is 19.9. The standard InChI is InChI=1S/C41H31Cl2FN2O6/c1-2-23-8-12-26(13-9-23)45-36(48)31-19-18-29-32(34(31)37(45)49)21-40(42)38(50)46(27-14-10-25(44)11-15-27)39(51)41(40,43)35(29)30-17-16-28(20-33(30)47)52-22-24-6-4-3-5-7-24/h2-18,20,31-32,34-35,47H,1,19,21-22H2. The van der Waals surface area contributed by atoms with Crippen molar-refractivity contribution in [1.29, 1.82) is 0 Å². The average Bonchev–Trinajstić information content (AvgIpc) is 3.49. The van der Waals surface area contributed by atoms with Crippen LogP contribution in [0.5, 0.6) is 11.5 Å². The van der Waals surface area contributed by atoms with Gasteiger partial charge in [-0.15, -0.1) is 23.2 Å². The van der Waals surface area contributed by atoms with Gasteiger partial charge in [0.1, 0.15) is 23.9 Å². The molecule has 8 nitrogen and oxygen atoms in total. The van der Waals surface area contributed by atoms with E-state index in [0.29, 0.717) is 17.0 Å². The van der Waals surface area contributed by atoms with E-state index in [4.69, 9.17) is 27.9 Å². The van der Waals surface area contributed by atoms with Crippen LogP contribution in [-0.2, 0) is 25.8 Å². The number of anilines is 2. The van der Waals surface area contributed by atoms with Gasteiger partial charge in [0.05, 0.1) is 23.2 Å². The fourth-order valence-corrected chi connectivity index (χ4v) is 9.28. The number of ether oxygens (including phenoxy) is 1. The van der Waals surface area contributed by atoms with Crippen molar-refractivity contribution in [3.8, 4) is 11.5 Å². The molecule has 262 valence electrons. The van der Waals surface area contributed by atoms with Crippen molar-refractivity contribution >= 4 is 64.3 Å². The number of halogens is 3. The van der Waals surface area contributed by atoms with E-state index < -0.39 is 57.0 Å². The Morgan fingerprint density at radius 3 is 2.19 bits per heavy atom. The SMILES string of the molecule is C=Cc1ccc(N2C(=O)C3CC=C4C(CC5(Cl)C(=O)N(c6ccc(F)cc6)C(=O)C5(Cl)C4c4ccc(OCc5ccccc5)cc4O)C3C2=O)cc1. The Bertz CT molecular complexity index is 2190. The molecule has 0 radical (unpaired) electrons. The topological polar surface area (TPSA) is 104 Å². The van der Waals surface area contributed by atoms with Crippen molar-refractivity contribution in [2.24, 2.45) is 17.8 Å². The minimum Gasteiger partial charge on any atom is -0.508 e. The van der Waals surface area contributed by atoms with Crippen LogP contribution in [0.2, 0.25) is 0 Å². The second kappa shape index (κ2) is 12.5. The number of alkyl halides is 2. The Labute approximate surface area is 308 Å². The van der Waals surface area contributed by atoms with Gasteiger partial charge in [-0.3, -0.25) is 24.1 Å². The molecule has 6 atom stereocenters. The number of phenols is 1. The quantitative estimate of drug-likeness (QED) is 0.120. The maximum atomic E-state index is 14.6. The smallest absolute Gasteiger partial charge is 0.258 e. The van der Waals surface area contributed by atoms with E-state index in [-0.39, 0.29) is 42.4 Å². The minimum atomic E-state index is -2.19. The van der Waals surface area contributed by atoms with Crippen molar-refractivity contribution in [3.05, 3.63) is 138 Å². The fraction of sp³-hybridized carbons (Fsp3) is 0.220. The molecule has 52 heavy (non-hydrogen) atoms. The van der Waals surface area contributed by atoms with Crippen LogP contribution in [0.3, 0.4) is 0 Å². The van der Waals surface area contributed by atoms with Gasteiger partial charge in [0.15, 0.2) is 9.75 Å². The lowest BCUT2D eigenvalue weighted by molar-refractivity contribution is -0.125. The summed E-state index contributed by atoms with van der Waals surface area (Å²) in [5, 5.41) is 11.6. The van der Waals surface area contributed by atoms with Crippen LogP contribution in [-0.4, -0.2) is 38.5 Å². The van der Waals surface area contributed by atoms with Crippen LogP contribution >= 0.6 is 23.2 Å². The van der Waals surface area contributed by atoms with Gasteiger partial charge >= 0.3 is 0 Å². The summed E-state index contributed by atoms with van der Waals surface area (Å²) in [5.74, 6) is -6.74. The van der Waals surface area contributed by atoms with Crippen molar-refractivity contribution in [3.63, 3.8) is 0 Å². The number of phenolic OH excluding ortho intramolecular Hbond substituents is 1. The van der Waals surface area contributed by atoms with Gasteiger partial charge in [-0.25, -0.2) is 9.29 Å². The Hall–Kier alpha value is -5.25. The number of amides is 4. The van der Waals surface area contributed by atoms with Crippen LogP contribution in [0.1, 0.15) is 35.4 Å². The third kappa shape index (κ3) is 4.93. The Balaban J connectivity index is 1.24. The Morgan fingerprint density at radius 1 is 0.846 bits per heavy atom. The van der Waals surface area contributed by atoms with Gasteiger partial charge in [-0.05, 0) is 72.4 Å². The zero-order valence-corrected chi connectivity index (χ0v) is 29.1. The highest BCUT2D eigenvalue weighted by molar-refractivity contribution is 6.58. The zero-order valence-electron chi connectivity index (χ0n) is 27.5. The molecule has 2 heterocycles. The number of rotatable bonds is 7. The lowest BCUT2D eigenvalue weighted by atomic mass is 9.56. The second-order valence-electron chi connectivity index (χ2n) is 13.6. The molecule has 0 bridgehead atoms. The predicted molar refractivity (Wildman–Crippen MR) is 194 cm³/mol. The molecular formula is C41H31Cl2FN2O6. The number of nitrogens with zero attached hydrogens (tertiary/aromatic N) is 2. The number of aromatic hydroxyl groups is 1. The highest BCUT2D eigenvalue weighted by Crippen LogP contribution is 2.66. The normalized spacial score (nSPS) is 27.9. The molecule has 2 aliphatic carbocycles. The molecule has 0 aromatic heterocycles. The van der Waals surface area contributed by atoms with Crippen molar-refractivity contribution in [2.45, 2.75) is 35.1 Å². The minimum absolute atomic E-state index is 0.0644. The number of hydrogen-bond donors (Lipinski definition) is 1. The van der Waals surface area contributed by atoms with E-state index >= 15 is 0 Å². The first-order chi connectivity index (χ1) is 25.0. The van der Waals surface area contributed by atoms with Crippen molar-refractivity contribution < 1.29 is 33.4 Å². The molecule has 8 rings (SSSR count). The second-order valence-corrected chi connectivity index (χ2v) is 14.8. The van der Waals surface area contributed by atoms with Crippen molar-refractivity contribution in [1.82, 2.24) is 0 Å². The van der Waals surface area contributed by atoms with Gasteiger partial charge in [-0.2, -0.15) is 0 Å². The van der Waals surface area contributed by atoms with Crippen LogP contribution in [0.15, 0.2) is 115 Å². The number of imide groups is 2. The van der Waals surface area contributed by atoms with Gasteiger partial charge in [0.2, 0.25) is 11.8 Å². The van der Waals surface area contributed by atoms with E-state index in [2.05, 4.69) is 6.58 Å². The van der Waals surface area contributed by atoms with E-state index in [1.54, 1.807) is 48.6 Å². The molecule has 4 aromatic carbocycles. The van der Waals surface area contributed by atoms with Crippen LogP contribution in [0, 0.1) is 23.6 Å². The molecule has 1 N–H and O–H groups in total.